The average Bonchev–Trinajstić information content (AvgIpc) is 3.02. The van der Waals surface area contributed by atoms with Gasteiger partial charge in [0.1, 0.15) is 6.10 Å². The second-order valence-corrected chi connectivity index (χ2v) is 10.5. The number of aliphatic hydroxyl groups excluding tert-OH is 1. The van der Waals surface area contributed by atoms with Crippen LogP contribution in [0.3, 0.4) is 0 Å². The van der Waals surface area contributed by atoms with E-state index in [-0.39, 0.29) is 18.3 Å². The second kappa shape index (κ2) is 6.22. The summed E-state index contributed by atoms with van der Waals surface area (Å²) in [6.07, 6.45) is -1.12. The Balaban J connectivity index is 1.56. The monoisotopic (exact) mass is 436 g/mol. The molecule has 2 heterocycles. The normalized spacial score (nSPS) is 46.6. The van der Waals surface area contributed by atoms with E-state index in [1.165, 1.54) is 27.0 Å². The molecule has 0 aromatic heterocycles. The van der Waals surface area contributed by atoms with Crippen molar-refractivity contribution in [2.75, 3.05) is 0 Å². The maximum atomic E-state index is 13.1. The summed E-state index contributed by atoms with van der Waals surface area (Å²) in [7, 11) is 0. The Bertz CT molecular complexity index is 888. The first-order chi connectivity index (χ1) is 14.4. The van der Waals surface area contributed by atoms with Crippen LogP contribution in [0.4, 0.5) is 0 Å². The third kappa shape index (κ3) is 2.59. The van der Waals surface area contributed by atoms with Crippen molar-refractivity contribution >= 4 is 17.9 Å². The molecule has 0 aromatic carbocycles. The minimum absolute atomic E-state index is 0.200. The molecule has 31 heavy (non-hydrogen) atoms. The van der Waals surface area contributed by atoms with Crippen LogP contribution in [0, 0.1) is 28.6 Å². The van der Waals surface area contributed by atoms with Gasteiger partial charge >= 0.3 is 17.9 Å². The zero-order chi connectivity index (χ0) is 22.5. The topological polar surface area (TPSA) is 129 Å². The standard InChI is InChI=1S/C22H28O9/c1-9(23)29-15-11-6-22-10-5-13(24)17(22)21(11,4)19(26)31-16(15)12(22)8-28-18(10)30-14(25)7-20(2,3)27/h8,10-11,13,15-18,24,27H,5-7H2,1-4H3. The molecule has 3 bridgehead atoms. The Kier molecular flexibility index (Phi) is 4.17. The van der Waals surface area contributed by atoms with Crippen LogP contribution in [-0.2, 0) is 33.3 Å². The number of aliphatic hydroxyl groups is 2. The molecule has 3 aliphatic carbocycles. The lowest BCUT2D eigenvalue weighted by molar-refractivity contribution is -0.212. The van der Waals surface area contributed by atoms with Crippen LogP contribution in [0.2, 0.25) is 0 Å². The van der Waals surface area contributed by atoms with Crippen LogP contribution in [-0.4, -0.2) is 58.3 Å². The number of rotatable bonds is 4. The first-order valence-corrected chi connectivity index (χ1v) is 10.7. The summed E-state index contributed by atoms with van der Waals surface area (Å²) < 4.78 is 22.7. The smallest absolute Gasteiger partial charge is 0.313 e. The summed E-state index contributed by atoms with van der Waals surface area (Å²) in [5, 5.41) is 21.1. The molecule has 2 aliphatic heterocycles. The maximum Gasteiger partial charge on any atom is 0.313 e. The fourth-order valence-electron chi connectivity index (χ4n) is 7.21. The number of ether oxygens (including phenoxy) is 4. The lowest BCUT2D eigenvalue weighted by Crippen LogP contribution is -2.58. The van der Waals surface area contributed by atoms with Crippen LogP contribution in [0.1, 0.15) is 47.0 Å². The summed E-state index contributed by atoms with van der Waals surface area (Å²) in [4.78, 5) is 37.3. The third-order valence-corrected chi connectivity index (χ3v) is 8.07. The van der Waals surface area contributed by atoms with Crippen LogP contribution < -0.4 is 0 Å². The highest BCUT2D eigenvalue weighted by Gasteiger charge is 2.82. The fraction of sp³-hybridized carbons (Fsp3) is 0.773. The molecule has 9 nitrogen and oxygen atoms in total. The van der Waals surface area contributed by atoms with Gasteiger partial charge in [0.25, 0.3) is 0 Å². The number of hydrogen-bond donors (Lipinski definition) is 2. The van der Waals surface area contributed by atoms with E-state index >= 15 is 0 Å². The Morgan fingerprint density at radius 1 is 1.29 bits per heavy atom. The molecule has 3 saturated carbocycles. The van der Waals surface area contributed by atoms with Gasteiger partial charge in [0.15, 0.2) is 6.10 Å². The quantitative estimate of drug-likeness (QED) is 0.486. The average molecular weight is 436 g/mol. The van der Waals surface area contributed by atoms with Gasteiger partial charge in [-0.25, -0.2) is 0 Å². The summed E-state index contributed by atoms with van der Waals surface area (Å²) >= 11 is 0. The third-order valence-electron chi connectivity index (χ3n) is 8.07. The highest BCUT2D eigenvalue weighted by atomic mass is 16.7. The highest BCUT2D eigenvalue weighted by Crippen LogP contribution is 2.77. The van der Waals surface area contributed by atoms with Gasteiger partial charge in [-0.2, -0.15) is 0 Å². The maximum absolute atomic E-state index is 13.1. The summed E-state index contributed by atoms with van der Waals surface area (Å²) in [6.45, 7) is 6.13. The first kappa shape index (κ1) is 20.8. The van der Waals surface area contributed by atoms with E-state index in [4.69, 9.17) is 18.9 Å². The van der Waals surface area contributed by atoms with E-state index in [1.54, 1.807) is 6.92 Å². The van der Waals surface area contributed by atoms with E-state index < -0.39 is 64.9 Å². The molecular formula is C22H28O9. The van der Waals surface area contributed by atoms with Crippen molar-refractivity contribution in [3.8, 4) is 0 Å². The molecule has 0 aromatic rings. The van der Waals surface area contributed by atoms with Gasteiger partial charge < -0.3 is 29.2 Å². The molecule has 5 aliphatic rings. The molecule has 2 N–H and O–H groups in total. The van der Waals surface area contributed by atoms with Crippen molar-refractivity contribution in [2.24, 2.45) is 28.6 Å². The zero-order valence-electron chi connectivity index (χ0n) is 18.0. The van der Waals surface area contributed by atoms with E-state index in [2.05, 4.69) is 0 Å². The molecule has 9 unspecified atom stereocenters. The van der Waals surface area contributed by atoms with Gasteiger partial charge in [0.2, 0.25) is 6.29 Å². The molecule has 1 spiro atoms. The summed E-state index contributed by atoms with van der Waals surface area (Å²) in [6, 6.07) is 0. The van der Waals surface area contributed by atoms with Gasteiger partial charge in [-0.3, -0.25) is 14.4 Å². The van der Waals surface area contributed by atoms with Gasteiger partial charge in [-0.15, -0.1) is 0 Å². The van der Waals surface area contributed by atoms with E-state index in [0.29, 0.717) is 18.4 Å². The van der Waals surface area contributed by atoms with Crippen molar-refractivity contribution in [1.29, 1.82) is 0 Å². The van der Waals surface area contributed by atoms with Crippen molar-refractivity contribution in [1.82, 2.24) is 0 Å². The SMILES string of the molecule is CC(=O)OC1C2OC(=O)C3(C)C1CC14C2=COC(OC(=O)CC(C)(C)O)C1CC(O)C34. The number of carbonyl (C=O) groups excluding carboxylic acids is 3. The molecular weight excluding hydrogens is 408 g/mol. The molecule has 5 rings (SSSR count). The zero-order valence-corrected chi connectivity index (χ0v) is 18.0. The van der Waals surface area contributed by atoms with Crippen LogP contribution in [0.25, 0.3) is 0 Å². The van der Waals surface area contributed by atoms with Gasteiger partial charge in [-0.05, 0) is 33.6 Å². The van der Waals surface area contributed by atoms with Crippen molar-refractivity contribution in [3.63, 3.8) is 0 Å². The van der Waals surface area contributed by atoms with Gasteiger partial charge in [0.05, 0.1) is 29.8 Å². The van der Waals surface area contributed by atoms with Crippen LogP contribution in [0.15, 0.2) is 11.8 Å². The summed E-state index contributed by atoms with van der Waals surface area (Å²) in [5.74, 6) is -2.62. The Hall–Kier alpha value is -2.13. The Labute approximate surface area is 179 Å². The van der Waals surface area contributed by atoms with E-state index in [0.717, 1.165) is 0 Å². The predicted molar refractivity (Wildman–Crippen MR) is 102 cm³/mol. The first-order valence-electron chi connectivity index (χ1n) is 10.7. The van der Waals surface area contributed by atoms with Crippen LogP contribution in [0.5, 0.6) is 0 Å². The summed E-state index contributed by atoms with van der Waals surface area (Å²) in [5.41, 5.74) is -2.22. The number of esters is 3. The molecule has 1 saturated heterocycles. The van der Waals surface area contributed by atoms with Crippen molar-refractivity contribution in [3.05, 3.63) is 11.8 Å². The van der Waals surface area contributed by atoms with Gasteiger partial charge in [-0.1, -0.05) is 0 Å². The molecule has 9 heteroatoms. The Morgan fingerprint density at radius 3 is 2.65 bits per heavy atom. The predicted octanol–water partition coefficient (Wildman–Crippen LogP) is 0.811. The minimum atomic E-state index is -1.23. The van der Waals surface area contributed by atoms with Crippen molar-refractivity contribution < 1.29 is 43.5 Å². The van der Waals surface area contributed by atoms with Crippen LogP contribution >= 0.6 is 0 Å². The number of hydrogen-bond acceptors (Lipinski definition) is 9. The Morgan fingerprint density at radius 2 is 2.00 bits per heavy atom. The molecule has 9 atom stereocenters. The molecule has 170 valence electrons. The number of carbonyl (C=O) groups is 3. The van der Waals surface area contributed by atoms with Gasteiger partial charge in [0, 0.05) is 35.7 Å². The largest absolute Gasteiger partial charge is 0.462 e. The molecule has 4 fully saturated rings. The lowest BCUT2D eigenvalue weighted by Gasteiger charge is -2.51. The van der Waals surface area contributed by atoms with E-state index in [9.17, 15) is 24.6 Å². The minimum Gasteiger partial charge on any atom is -0.462 e. The fourth-order valence-corrected chi connectivity index (χ4v) is 7.21. The molecule has 0 radical (unpaired) electrons. The number of fused-ring (bicyclic) bond motifs is 3. The second-order valence-electron chi connectivity index (χ2n) is 10.5. The van der Waals surface area contributed by atoms with E-state index in [1.807, 2.05) is 0 Å². The highest BCUT2D eigenvalue weighted by molar-refractivity contribution is 5.82. The molecule has 0 amide bonds. The lowest BCUT2D eigenvalue weighted by atomic mass is 9.61. The van der Waals surface area contributed by atoms with Crippen molar-refractivity contribution in [2.45, 2.75) is 77.2 Å².